The topological polar surface area (TPSA) is 17.1 Å². The number of halogens is 1. The Kier molecular flexibility index (Phi) is 2.33. The predicted molar refractivity (Wildman–Crippen MR) is 61.7 cm³/mol. The summed E-state index contributed by atoms with van der Waals surface area (Å²) >= 11 is 7.56. The van der Waals surface area contributed by atoms with Gasteiger partial charge < -0.3 is 0 Å². The van der Waals surface area contributed by atoms with Crippen LogP contribution in [-0.2, 0) is 0 Å². The van der Waals surface area contributed by atoms with Crippen molar-refractivity contribution in [3.8, 4) is 0 Å². The van der Waals surface area contributed by atoms with Crippen molar-refractivity contribution in [2.75, 3.05) is 0 Å². The molecule has 0 unspecified atom stereocenters. The highest BCUT2D eigenvalue weighted by molar-refractivity contribution is 7.21. The fraction of sp³-hybridized carbons (Fsp3) is 0.182. The molecule has 0 atom stereocenters. The van der Waals surface area contributed by atoms with Gasteiger partial charge in [-0.2, -0.15) is 0 Å². The van der Waals surface area contributed by atoms with E-state index in [1.165, 1.54) is 16.9 Å². The first kappa shape index (κ1) is 9.69. The average Bonchev–Trinajstić information content (AvgIpc) is 2.50. The van der Waals surface area contributed by atoms with E-state index in [4.69, 9.17) is 11.6 Å². The Balaban J connectivity index is 2.93. The molecule has 0 spiro atoms. The van der Waals surface area contributed by atoms with Crippen LogP contribution in [0.3, 0.4) is 0 Å². The minimum absolute atomic E-state index is 0.598. The number of rotatable bonds is 1. The van der Waals surface area contributed by atoms with Crippen molar-refractivity contribution in [1.82, 2.24) is 0 Å². The molecule has 0 fully saturated rings. The van der Waals surface area contributed by atoms with Gasteiger partial charge in [0.25, 0.3) is 0 Å². The number of benzene rings is 1. The maximum absolute atomic E-state index is 10.7. The number of hydrogen-bond acceptors (Lipinski definition) is 2. The second-order valence-electron chi connectivity index (χ2n) is 3.28. The molecule has 0 aliphatic heterocycles. The van der Waals surface area contributed by atoms with Crippen molar-refractivity contribution in [2.24, 2.45) is 0 Å². The SMILES string of the molecule is Cc1ccc2sc(C=O)c(Cl)c2c1C. The van der Waals surface area contributed by atoms with E-state index in [1.807, 2.05) is 19.9 Å². The summed E-state index contributed by atoms with van der Waals surface area (Å²) in [6.45, 7) is 4.08. The van der Waals surface area contributed by atoms with Crippen LogP contribution in [-0.4, -0.2) is 6.29 Å². The Morgan fingerprint density at radius 3 is 2.71 bits per heavy atom. The van der Waals surface area contributed by atoms with Crippen molar-refractivity contribution >= 4 is 39.3 Å². The Hall–Kier alpha value is -0.860. The molecular formula is C11H9ClOS. The van der Waals surface area contributed by atoms with Gasteiger partial charge in [0, 0.05) is 10.1 Å². The van der Waals surface area contributed by atoms with Crippen LogP contribution in [0.15, 0.2) is 12.1 Å². The zero-order valence-corrected chi connectivity index (χ0v) is 9.50. The lowest BCUT2D eigenvalue weighted by Gasteiger charge is -2.00. The molecule has 1 heterocycles. The second kappa shape index (κ2) is 3.37. The first-order valence-electron chi connectivity index (χ1n) is 4.28. The number of thiophene rings is 1. The van der Waals surface area contributed by atoms with Crippen LogP contribution in [0, 0.1) is 13.8 Å². The highest BCUT2D eigenvalue weighted by Gasteiger charge is 2.12. The predicted octanol–water partition coefficient (Wildman–Crippen LogP) is 3.98. The van der Waals surface area contributed by atoms with Gasteiger partial charge in [-0.3, -0.25) is 4.79 Å². The zero-order valence-electron chi connectivity index (χ0n) is 7.93. The molecular weight excluding hydrogens is 216 g/mol. The molecule has 14 heavy (non-hydrogen) atoms. The zero-order chi connectivity index (χ0) is 10.3. The van der Waals surface area contributed by atoms with Crippen LogP contribution in [0.5, 0.6) is 0 Å². The molecule has 2 aromatic rings. The molecule has 0 radical (unpaired) electrons. The minimum Gasteiger partial charge on any atom is -0.297 e. The number of fused-ring (bicyclic) bond motifs is 1. The first-order chi connectivity index (χ1) is 6.65. The number of carbonyl (C=O) groups is 1. The summed E-state index contributed by atoms with van der Waals surface area (Å²) in [5, 5.41) is 1.62. The van der Waals surface area contributed by atoms with Crippen LogP contribution in [0.25, 0.3) is 10.1 Å². The van der Waals surface area contributed by atoms with Gasteiger partial charge in [0.2, 0.25) is 0 Å². The van der Waals surface area contributed by atoms with Crippen LogP contribution >= 0.6 is 22.9 Å². The molecule has 1 aromatic heterocycles. The fourth-order valence-corrected chi connectivity index (χ4v) is 2.94. The highest BCUT2D eigenvalue weighted by atomic mass is 35.5. The van der Waals surface area contributed by atoms with Gasteiger partial charge >= 0.3 is 0 Å². The first-order valence-corrected chi connectivity index (χ1v) is 5.48. The summed E-state index contributed by atoms with van der Waals surface area (Å²) in [5.41, 5.74) is 2.37. The standard InChI is InChI=1S/C11H9ClOS/c1-6-3-4-8-10(7(6)2)11(12)9(5-13)14-8/h3-5H,1-2H3. The minimum atomic E-state index is 0.598. The quantitative estimate of drug-likeness (QED) is 0.670. The van der Waals surface area contributed by atoms with E-state index in [-0.39, 0.29) is 0 Å². The molecule has 0 bridgehead atoms. The van der Waals surface area contributed by atoms with E-state index in [0.717, 1.165) is 21.9 Å². The van der Waals surface area contributed by atoms with Crippen LogP contribution in [0.2, 0.25) is 5.02 Å². The number of hydrogen-bond donors (Lipinski definition) is 0. The molecule has 1 nitrogen and oxygen atoms in total. The van der Waals surface area contributed by atoms with E-state index < -0.39 is 0 Å². The van der Waals surface area contributed by atoms with Crippen LogP contribution in [0.1, 0.15) is 20.8 Å². The third kappa shape index (κ3) is 1.26. The lowest BCUT2D eigenvalue weighted by molar-refractivity contribution is 0.112. The number of aldehydes is 1. The van der Waals surface area contributed by atoms with Gasteiger partial charge in [0.1, 0.15) is 0 Å². The Morgan fingerprint density at radius 2 is 2.07 bits per heavy atom. The van der Waals surface area contributed by atoms with E-state index >= 15 is 0 Å². The summed E-state index contributed by atoms with van der Waals surface area (Å²) in [6, 6.07) is 4.07. The van der Waals surface area contributed by atoms with Gasteiger partial charge in [-0.15, -0.1) is 11.3 Å². The van der Waals surface area contributed by atoms with Crippen LogP contribution < -0.4 is 0 Å². The molecule has 72 valence electrons. The third-order valence-electron chi connectivity index (χ3n) is 2.46. The molecule has 0 saturated carbocycles. The van der Waals surface area contributed by atoms with E-state index in [0.29, 0.717) is 9.90 Å². The summed E-state index contributed by atoms with van der Waals surface area (Å²) in [4.78, 5) is 11.3. The van der Waals surface area contributed by atoms with Gasteiger partial charge in [-0.25, -0.2) is 0 Å². The average molecular weight is 225 g/mol. The van der Waals surface area contributed by atoms with E-state index in [2.05, 4.69) is 6.07 Å². The summed E-state index contributed by atoms with van der Waals surface area (Å²) in [6.07, 6.45) is 0.821. The molecule has 0 amide bonds. The molecule has 1 aromatic carbocycles. The van der Waals surface area contributed by atoms with Crippen LogP contribution in [0.4, 0.5) is 0 Å². The largest absolute Gasteiger partial charge is 0.297 e. The lowest BCUT2D eigenvalue weighted by atomic mass is 10.1. The van der Waals surface area contributed by atoms with Crippen molar-refractivity contribution in [3.05, 3.63) is 33.2 Å². The molecule has 2 rings (SSSR count). The maximum Gasteiger partial charge on any atom is 0.161 e. The lowest BCUT2D eigenvalue weighted by Crippen LogP contribution is -1.80. The van der Waals surface area contributed by atoms with Gasteiger partial charge in [-0.05, 0) is 31.0 Å². The summed E-state index contributed by atoms with van der Waals surface area (Å²) < 4.78 is 1.08. The number of carbonyl (C=O) groups excluding carboxylic acids is 1. The van der Waals surface area contributed by atoms with Gasteiger partial charge in [-0.1, -0.05) is 17.7 Å². The smallest absolute Gasteiger partial charge is 0.161 e. The second-order valence-corrected chi connectivity index (χ2v) is 4.74. The van der Waals surface area contributed by atoms with Gasteiger partial charge in [0.05, 0.1) is 9.90 Å². The van der Waals surface area contributed by atoms with E-state index in [1.54, 1.807) is 0 Å². The number of aryl methyl sites for hydroxylation is 2. The Morgan fingerprint density at radius 1 is 1.36 bits per heavy atom. The van der Waals surface area contributed by atoms with Crippen molar-refractivity contribution in [2.45, 2.75) is 13.8 Å². The third-order valence-corrected chi connectivity index (χ3v) is 4.05. The molecule has 3 heteroatoms. The highest BCUT2D eigenvalue weighted by Crippen LogP contribution is 2.37. The molecule has 0 aliphatic rings. The molecule has 0 N–H and O–H groups in total. The van der Waals surface area contributed by atoms with Gasteiger partial charge in [0.15, 0.2) is 6.29 Å². The van der Waals surface area contributed by atoms with Crippen molar-refractivity contribution < 1.29 is 4.79 Å². The molecule has 0 aliphatic carbocycles. The van der Waals surface area contributed by atoms with Crippen molar-refractivity contribution in [3.63, 3.8) is 0 Å². The molecule has 0 saturated heterocycles. The fourth-order valence-electron chi connectivity index (χ4n) is 1.51. The normalized spacial score (nSPS) is 10.8. The Bertz CT molecular complexity index is 513. The Labute approximate surface area is 91.3 Å². The van der Waals surface area contributed by atoms with E-state index in [9.17, 15) is 4.79 Å². The summed E-state index contributed by atoms with van der Waals surface area (Å²) in [7, 11) is 0. The van der Waals surface area contributed by atoms with Crippen molar-refractivity contribution in [1.29, 1.82) is 0 Å². The maximum atomic E-state index is 10.7. The monoisotopic (exact) mass is 224 g/mol. The summed E-state index contributed by atoms with van der Waals surface area (Å²) in [5.74, 6) is 0.